The van der Waals surface area contributed by atoms with Crippen molar-refractivity contribution in [2.75, 3.05) is 29.9 Å². The van der Waals surface area contributed by atoms with E-state index in [0.29, 0.717) is 11.9 Å². The molecule has 0 amide bonds. The zero-order chi connectivity index (χ0) is 15.4. The van der Waals surface area contributed by atoms with Crippen molar-refractivity contribution in [1.82, 2.24) is 15.0 Å². The summed E-state index contributed by atoms with van der Waals surface area (Å²) in [5.41, 5.74) is 0. The minimum absolute atomic E-state index is 0.223. The lowest BCUT2D eigenvalue weighted by Crippen LogP contribution is -2.26. The maximum atomic E-state index is 6.04. The Labute approximate surface area is 142 Å². The molecule has 21 heavy (non-hydrogen) atoms. The molecular formula is C13H17BrClN5S. The maximum absolute atomic E-state index is 6.04. The highest BCUT2D eigenvalue weighted by atomic mass is 79.9. The molecule has 0 spiro atoms. The van der Waals surface area contributed by atoms with Crippen molar-refractivity contribution < 1.29 is 0 Å². The molecule has 0 radical (unpaired) electrons. The fourth-order valence-electron chi connectivity index (χ4n) is 1.89. The number of hydrogen-bond donors (Lipinski definition) is 0. The number of aromatic nitrogens is 3. The molecular weight excluding hydrogens is 374 g/mol. The summed E-state index contributed by atoms with van der Waals surface area (Å²) in [4.78, 5) is 18.2. The smallest absolute Gasteiger partial charge is 0.231 e. The van der Waals surface area contributed by atoms with Crippen LogP contribution in [0.25, 0.3) is 0 Å². The van der Waals surface area contributed by atoms with E-state index in [1.54, 1.807) is 11.3 Å². The average molecular weight is 391 g/mol. The first kappa shape index (κ1) is 16.5. The number of halogens is 2. The normalized spacial score (nSPS) is 10.7. The van der Waals surface area contributed by atoms with E-state index in [1.807, 2.05) is 16.8 Å². The fraction of sp³-hybridized carbons (Fsp3) is 0.462. The van der Waals surface area contributed by atoms with E-state index in [0.717, 1.165) is 24.1 Å². The van der Waals surface area contributed by atoms with Gasteiger partial charge < -0.3 is 9.80 Å². The van der Waals surface area contributed by atoms with Crippen molar-refractivity contribution in [3.8, 4) is 0 Å². The first-order valence-electron chi connectivity index (χ1n) is 6.64. The van der Waals surface area contributed by atoms with Gasteiger partial charge in [0.05, 0.1) is 6.54 Å². The Morgan fingerprint density at radius 2 is 1.86 bits per heavy atom. The summed E-state index contributed by atoms with van der Waals surface area (Å²) in [6.45, 7) is 6.52. The third-order valence-electron chi connectivity index (χ3n) is 2.99. The zero-order valence-electron chi connectivity index (χ0n) is 12.2. The van der Waals surface area contributed by atoms with Crippen molar-refractivity contribution in [3.05, 3.63) is 26.1 Å². The first-order chi connectivity index (χ1) is 10.0. The van der Waals surface area contributed by atoms with Gasteiger partial charge in [0.15, 0.2) is 0 Å². The maximum Gasteiger partial charge on any atom is 0.231 e. The summed E-state index contributed by atoms with van der Waals surface area (Å²) in [6.07, 6.45) is 0. The summed E-state index contributed by atoms with van der Waals surface area (Å²) in [5, 5.41) is 2.28. The summed E-state index contributed by atoms with van der Waals surface area (Å²) < 4.78 is 1.09. The minimum atomic E-state index is 0.223. The second kappa shape index (κ2) is 7.38. The highest BCUT2D eigenvalue weighted by molar-refractivity contribution is 9.10. The molecule has 0 aliphatic heterocycles. The standard InChI is InChI=1S/C13H17BrClN5S/c1-4-20(5-2)13-17-11(15)16-12(18-13)19(3)7-10-6-9(14)8-21-10/h6,8H,4-5,7H2,1-3H3. The minimum Gasteiger partial charge on any atom is -0.341 e. The molecule has 0 bridgehead atoms. The van der Waals surface area contributed by atoms with Crippen molar-refractivity contribution in [1.29, 1.82) is 0 Å². The van der Waals surface area contributed by atoms with Gasteiger partial charge in [-0.15, -0.1) is 11.3 Å². The Balaban J connectivity index is 2.22. The molecule has 5 nitrogen and oxygen atoms in total. The number of hydrogen-bond acceptors (Lipinski definition) is 6. The van der Waals surface area contributed by atoms with Gasteiger partial charge >= 0.3 is 0 Å². The number of nitrogens with zero attached hydrogens (tertiary/aromatic N) is 5. The van der Waals surface area contributed by atoms with E-state index in [1.165, 1.54) is 4.88 Å². The Hall–Kier alpha value is -0.920. The van der Waals surface area contributed by atoms with Crippen LogP contribution in [0.2, 0.25) is 5.28 Å². The molecule has 2 heterocycles. The van der Waals surface area contributed by atoms with Crippen LogP contribution in [0, 0.1) is 0 Å². The van der Waals surface area contributed by atoms with Crippen LogP contribution in [-0.2, 0) is 6.54 Å². The summed E-state index contributed by atoms with van der Waals surface area (Å²) >= 11 is 11.2. The molecule has 0 atom stereocenters. The van der Waals surface area contributed by atoms with E-state index in [9.17, 15) is 0 Å². The molecule has 0 aliphatic rings. The van der Waals surface area contributed by atoms with Crippen molar-refractivity contribution in [2.45, 2.75) is 20.4 Å². The Morgan fingerprint density at radius 1 is 1.19 bits per heavy atom. The Bertz CT molecular complexity index is 602. The quantitative estimate of drug-likeness (QED) is 0.750. The van der Waals surface area contributed by atoms with Crippen LogP contribution in [0.3, 0.4) is 0 Å². The van der Waals surface area contributed by atoms with Crippen LogP contribution in [0.15, 0.2) is 15.9 Å². The molecule has 2 rings (SSSR count). The lowest BCUT2D eigenvalue weighted by molar-refractivity contribution is 0.793. The van der Waals surface area contributed by atoms with Gasteiger partial charge in [-0.05, 0) is 47.4 Å². The van der Waals surface area contributed by atoms with Gasteiger partial charge in [0.25, 0.3) is 0 Å². The highest BCUT2D eigenvalue weighted by Gasteiger charge is 2.13. The van der Waals surface area contributed by atoms with Crippen molar-refractivity contribution >= 4 is 50.8 Å². The third-order valence-corrected chi connectivity index (χ3v) is 4.84. The van der Waals surface area contributed by atoms with E-state index < -0.39 is 0 Å². The van der Waals surface area contributed by atoms with Gasteiger partial charge in [-0.2, -0.15) is 15.0 Å². The lowest BCUT2D eigenvalue weighted by atomic mass is 10.4. The van der Waals surface area contributed by atoms with E-state index in [4.69, 9.17) is 11.6 Å². The summed E-state index contributed by atoms with van der Waals surface area (Å²) in [6, 6.07) is 2.09. The van der Waals surface area contributed by atoms with Crippen molar-refractivity contribution in [3.63, 3.8) is 0 Å². The Kier molecular flexibility index (Phi) is 5.78. The highest BCUT2D eigenvalue weighted by Crippen LogP contribution is 2.23. The molecule has 0 aliphatic carbocycles. The molecule has 0 saturated carbocycles. The largest absolute Gasteiger partial charge is 0.341 e. The summed E-state index contributed by atoms with van der Waals surface area (Å²) in [5.74, 6) is 1.20. The van der Waals surface area contributed by atoms with Crippen LogP contribution in [-0.4, -0.2) is 35.1 Å². The first-order valence-corrected chi connectivity index (χ1v) is 8.69. The van der Waals surface area contributed by atoms with Gasteiger partial charge in [0.2, 0.25) is 17.2 Å². The lowest BCUT2D eigenvalue weighted by Gasteiger charge is -2.21. The third kappa shape index (κ3) is 4.28. The van der Waals surface area contributed by atoms with Crippen molar-refractivity contribution in [2.24, 2.45) is 0 Å². The van der Waals surface area contributed by atoms with Gasteiger partial charge in [0.1, 0.15) is 0 Å². The number of rotatable bonds is 6. The van der Waals surface area contributed by atoms with E-state index in [2.05, 4.69) is 56.2 Å². The van der Waals surface area contributed by atoms with E-state index in [-0.39, 0.29) is 5.28 Å². The van der Waals surface area contributed by atoms with Crippen LogP contribution in [0.4, 0.5) is 11.9 Å². The second-order valence-electron chi connectivity index (χ2n) is 4.46. The Morgan fingerprint density at radius 3 is 2.43 bits per heavy atom. The molecule has 2 aromatic heterocycles. The molecule has 2 aromatic rings. The average Bonchev–Trinajstić information content (AvgIpc) is 2.85. The van der Waals surface area contributed by atoms with Gasteiger partial charge in [-0.1, -0.05) is 0 Å². The molecule has 0 aromatic carbocycles. The van der Waals surface area contributed by atoms with Crippen LogP contribution < -0.4 is 9.80 Å². The van der Waals surface area contributed by atoms with Crippen LogP contribution in [0.5, 0.6) is 0 Å². The predicted octanol–water partition coefficient (Wildman–Crippen LogP) is 3.83. The SMILES string of the molecule is CCN(CC)c1nc(Cl)nc(N(C)Cc2cc(Br)cs2)n1. The second-order valence-corrected chi connectivity index (χ2v) is 6.71. The van der Waals surface area contributed by atoms with Gasteiger partial charge in [-0.25, -0.2) is 0 Å². The fourth-order valence-corrected chi connectivity index (χ4v) is 3.54. The van der Waals surface area contributed by atoms with Crippen LogP contribution in [0.1, 0.15) is 18.7 Å². The molecule has 0 fully saturated rings. The van der Waals surface area contributed by atoms with Gasteiger partial charge in [0, 0.05) is 34.9 Å². The summed E-state index contributed by atoms with van der Waals surface area (Å²) in [7, 11) is 1.95. The zero-order valence-corrected chi connectivity index (χ0v) is 15.3. The molecule has 0 N–H and O–H groups in total. The van der Waals surface area contributed by atoms with Crippen LogP contribution >= 0.6 is 38.9 Å². The molecule has 8 heteroatoms. The predicted molar refractivity (Wildman–Crippen MR) is 92.5 cm³/mol. The van der Waals surface area contributed by atoms with Gasteiger partial charge in [-0.3, -0.25) is 0 Å². The molecule has 0 unspecified atom stereocenters. The monoisotopic (exact) mass is 389 g/mol. The topological polar surface area (TPSA) is 45.2 Å². The number of anilines is 2. The molecule has 0 saturated heterocycles. The molecule has 114 valence electrons. The number of thiophene rings is 1. The van der Waals surface area contributed by atoms with E-state index >= 15 is 0 Å².